The standard InChI is InChI=1S/C27H25FN6O.C4H11N/c1-34-15-18(12-31-34)22-11-20-23(14-29-22)33-26-25(20)24(21(28)13-30-26)16-7-9-17(10-8-16)27(35)32-19-5-3-2-4-6-19;1-3-5-4-2/h7-15,19H,2-6H2,1H3,(H,30,33)(H,32,35);5H,3-4H2,1-2H3. The molecular formula is C31H36FN7O. The molecule has 40 heavy (non-hydrogen) atoms. The maximum Gasteiger partial charge on any atom is 0.251 e. The minimum atomic E-state index is -0.419. The van der Waals surface area contributed by atoms with Crippen LogP contribution in [0.1, 0.15) is 56.3 Å². The molecule has 1 saturated carbocycles. The first-order valence-corrected chi connectivity index (χ1v) is 14.1. The minimum absolute atomic E-state index is 0.0805. The molecule has 8 nitrogen and oxygen atoms in total. The van der Waals surface area contributed by atoms with E-state index < -0.39 is 5.82 Å². The molecule has 0 unspecified atom stereocenters. The maximum absolute atomic E-state index is 15.2. The van der Waals surface area contributed by atoms with Crippen molar-refractivity contribution in [1.29, 1.82) is 0 Å². The molecule has 9 heteroatoms. The lowest BCUT2D eigenvalue weighted by molar-refractivity contribution is 0.0927. The number of aromatic amines is 1. The quantitative estimate of drug-likeness (QED) is 0.245. The van der Waals surface area contributed by atoms with E-state index >= 15 is 4.39 Å². The SMILES string of the molecule is CCNCC.Cn1cc(-c2cc3c(cn2)[nH]c2ncc(F)c(-c4ccc(C(=O)NC5CCCCC5)cc4)c23)cn1. The van der Waals surface area contributed by atoms with Crippen molar-refractivity contribution in [2.75, 3.05) is 13.1 Å². The van der Waals surface area contributed by atoms with Gasteiger partial charge in [0.15, 0.2) is 0 Å². The van der Waals surface area contributed by atoms with E-state index in [0.29, 0.717) is 27.7 Å². The van der Waals surface area contributed by atoms with E-state index in [4.69, 9.17) is 0 Å². The number of nitrogens with one attached hydrogen (secondary N) is 3. The number of aromatic nitrogens is 5. The van der Waals surface area contributed by atoms with Gasteiger partial charge in [-0.25, -0.2) is 9.37 Å². The summed E-state index contributed by atoms with van der Waals surface area (Å²) in [7, 11) is 1.85. The average Bonchev–Trinajstić information content (AvgIpc) is 3.57. The van der Waals surface area contributed by atoms with Crippen LogP contribution in [0.4, 0.5) is 4.39 Å². The zero-order valence-electron chi connectivity index (χ0n) is 23.3. The smallest absolute Gasteiger partial charge is 0.251 e. The van der Waals surface area contributed by atoms with E-state index in [1.165, 1.54) is 12.6 Å². The third-order valence-electron chi connectivity index (χ3n) is 7.34. The highest BCUT2D eigenvalue weighted by Gasteiger charge is 2.19. The molecule has 0 atom stereocenters. The summed E-state index contributed by atoms with van der Waals surface area (Å²) in [6, 6.07) is 9.29. The maximum atomic E-state index is 15.2. The fraction of sp³-hybridized carbons (Fsp3) is 0.355. The lowest BCUT2D eigenvalue weighted by Crippen LogP contribution is -2.36. The first-order valence-electron chi connectivity index (χ1n) is 14.1. The molecule has 1 aliphatic rings. The Hall–Kier alpha value is -4.11. The third kappa shape index (κ3) is 5.89. The van der Waals surface area contributed by atoms with Crippen LogP contribution in [0.2, 0.25) is 0 Å². The molecule has 4 heterocycles. The van der Waals surface area contributed by atoms with Crippen LogP contribution in [-0.4, -0.2) is 49.8 Å². The number of aryl methyl sites for hydroxylation is 1. The van der Waals surface area contributed by atoms with Gasteiger partial charge < -0.3 is 15.6 Å². The number of amides is 1. The Bertz CT molecular complexity index is 1600. The average molecular weight is 542 g/mol. The van der Waals surface area contributed by atoms with Crippen LogP contribution >= 0.6 is 0 Å². The lowest BCUT2D eigenvalue weighted by atomic mass is 9.95. The van der Waals surface area contributed by atoms with Crippen LogP contribution in [0.25, 0.3) is 44.3 Å². The summed E-state index contributed by atoms with van der Waals surface area (Å²) < 4.78 is 16.9. The van der Waals surface area contributed by atoms with Crippen LogP contribution in [-0.2, 0) is 7.05 Å². The zero-order chi connectivity index (χ0) is 28.1. The Labute approximate surface area is 233 Å². The zero-order valence-corrected chi connectivity index (χ0v) is 23.3. The number of pyridine rings is 2. The van der Waals surface area contributed by atoms with Crippen molar-refractivity contribution in [1.82, 2.24) is 35.4 Å². The van der Waals surface area contributed by atoms with E-state index in [1.807, 2.05) is 19.3 Å². The summed E-state index contributed by atoms with van der Waals surface area (Å²) >= 11 is 0. The monoisotopic (exact) mass is 541 g/mol. The summed E-state index contributed by atoms with van der Waals surface area (Å²) in [4.78, 5) is 24.8. The Morgan fingerprint density at radius 2 is 1.77 bits per heavy atom. The van der Waals surface area contributed by atoms with E-state index in [0.717, 1.165) is 60.9 Å². The van der Waals surface area contributed by atoms with Gasteiger partial charge in [-0.15, -0.1) is 0 Å². The van der Waals surface area contributed by atoms with Crippen LogP contribution in [0, 0.1) is 5.82 Å². The second kappa shape index (κ2) is 12.4. The first-order chi connectivity index (χ1) is 19.5. The molecule has 5 aromatic rings. The number of hydrogen-bond acceptors (Lipinski definition) is 5. The van der Waals surface area contributed by atoms with Crippen LogP contribution in [0.15, 0.2) is 55.1 Å². The Balaban J connectivity index is 0.000000595. The predicted octanol–water partition coefficient (Wildman–Crippen LogP) is 6.00. The highest BCUT2D eigenvalue weighted by molar-refractivity contribution is 6.13. The van der Waals surface area contributed by atoms with E-state index in [-0.39, 0.29) is 11.9 Å². The second-order valence-corrected chi connectivity index (χ2v) is 10.2. The fourth-order valence-electron chi connectivity index (χ4n) is 5.28. The molecule has 6 rings (SSSR count). The van der Waals surface area contributed by atoms with Crippen molar-refractivity contribution in [3.8, 4) is 22.4 Å². The Morgan fingerprint density at radius 1 is 1.02 bits per heavy atom. The molecule has 3 N–H and O–H groups in total. The van der Waals surface area contributed by atoms with E-state index in [1.54, 1.807) is 41.3 Å². The second-order valence-electron chi connectivity index (χ2n) is 10.2. The molecule has 0 aliphatic heterocycles. The Kier molecular flexibility index (Phi) is 8.50. The van der Waals surface area contributed by atoms with Gasteiger partial charge in [-0.1, -0.05) is 45.2 Å². The van der Waals surface area contributed by atoms with Gasteiger partial charge in [0.25, 0.3) is 5.91 Å². The fourth-order valence-corrected chi connectivity index (χ4v) is 5.28. The number of benzene rings is 1. The molecule has 1 amide bonds. The molecule has 0 bridgehead atoms. The van der Waals surface area contributed by atoms with Gasteiger partial charge in [0.1, 0.15) is 11.5 Å². The van der Waals surface area contributed by atoms with Gasteiger partial charge in [-0.3, -0.25) is 14.5 Å². The largest absolute Gasteiger partial charge is 0.349 e. The molecule has 1 aliphatic carbocycles. The number of hydrogen-bond donors (Lipinski definition) is 3. The lowest BCUT2D eigenvalue weighted by Gasteiger charge is -2.22. The number of carbonyl (C=O) groups excluding carboxylic acids is 1. The number of fused-ring (bicyclic) bond motifs is 3. The molecule has 1 fully saturated rings. The topological polar surface area (TPSA) is 101 Å². The van der Waals surface area contributed by atoms with Gasteiger partial charge in [0.2, 0.25) is 0 Å². The van der Waals surface area contributed by atoms with Gasteiger partial charge in [-0.05, 0) is 49.7 Å². The summed E-state index contributed by atoms with van der Waals surface area (Å²) in [5.41, 5.74) is 4.69. The predicted molar refractivity (Wildman–Crippen MR) is 158 cm³/mol. The van der Waals surface area contributed by atoms with Crippen LogP contribution in [0.5, 0.6) is 0 Å². The van der Waals surface area contributed by atoms with Crippen molar-refractivity contribution in [3.05, 3.63) is 66.5 Å². The highest BCUT2D eigenvalue weighted by Crippen LogP contribution is 2.36. The van der Waals surface area contributed by atoms with Gasteiger partial charge >= 0.3 is 0 Å². The number of H-pyrrole nitrogens is 1. The summed E-state index contributed by atoms with van der Waals surface area (Å²) in [5.74, 6) is -0.499. The van der Waals surface area contributed by atoms with Gasteiger partial charge in [-0.2, -0.15) is 5.10 Å². The normalized spacial score (nSPS) is 13.8. The first kappa shape index (κ1) is 27.5. The minimum Gasteiger partial charge on any atom is -0.349 e. The molecule has 1 aromatic carbocycles. The van der Waals surface area contributed by atoms with Gasteiger partial charge in [0.05, 0.1) is 29.8 Å². The molecule has 208 valence electrons. The third-order valence-corrected chi connectivity index (χ3v) is 7.34. The van der Waals surface area contributed by atoms with E-state index in [2.05, 4.69) is 44.5 Å². The molecule has 0 radical (unpaired) electrons. The van der Waals surface area contributed by atoms with Crippen molar-refractivity contribution in [3.63, 3.8) is 0 Å². The van der Waals surface area contributed by atoms with Crippen molar-refractivity contribution in [2.45, 2.75) is 52.0 Å². The van der Waals surface area contributed by atoms with Crippen LogP contribution < -0.4 is 10.6 Å². The van der Waals surface area contributed by atoms with Crippen LogP contribution in [0.3, 0.4) is 0 Å². The Morgan fingerprint density at radius 3 is 2.42 bits per heavy atom. The van der Waals surface area contributed by atoms with Crippen molar-refractivity contribution in [2.24, 2.45) is 7.05 Å². The van der Waals surface area contributed by atoms with E-state index in [9.17, 15) is 4.79 Å². The van der Waals surface area contributed by atoms with Crippen molar-refractivity contribution >= 4 is 27.8 Å². The molecular weight excluding hydrogens is 505 g/mol. The number of carbonyl (C=O) groups is 1. The summed E-state index contributed by atoms with van der Waals surface area (Å²) in [5, 5.41) is 12.0. The number of nitrogens with zero attached hydrogens (tertiary/aromatic N) is 4. The highest BCUT2D eigenvalue weighted by atomic mass is 19.1. The number of rotatable bonds is 6. The van der Waals surface area contributed by atoms with Gasteiger partial charge in [0, 0.05) is 46.7 Å². The van der Waals surface area contributed by atoms with Crippen molar-refractivity contribution < 1.29 is 9.18 Å². The molecule has 0 saturated heterocycles. The molecule has 4 aromatic heterocycles. The number of halogens is 1. The summed E-state index contributed by atoms with van der Waals surface area (Å²) in [6.45, 7) is 6.39. The molecule has 0 spiro atoms. The summed E-state index contributed by atoms with van der Waals surface area (Å²) in [6.07, 6.45) is 12.2.